The summed E-state index contributed by atoms with van der Waals surface area (Å²) in [6.07, 6.45) is 4.06. The van der Waals surface area contributed by atoms with Crippen molar-refractivity contribution in [1.82, 2.24) is 20.4 Å². The van der Waals surface area contributed by atoms with Crippen LogP contribution >= 0.6 is 24.0 Å². The highest BCUT2D eigenvalue weighted by atomic mass is 127. The molecule has 146 valence electrons. The lowest BCUT2D eigenvalue weighted by Crippen LogP contribution is -2.39. The lowest BCUT2D eigenvalue weighted by Gasteiger charge is -2.12. The summed E-state index contributed by atoms with van der Waals surface area (Å²) in [6.45, 7) is 6.58. The normalized spacial score (nSPS) is 11.4. The Bertz CT molecular complexity index is 864. The average molecular weight is 481 g/mol. The van der Waals surface area contributed by atoms with Crippen molar-refractivity contribution in [3.05, 3.63) is 53.5 Å². The molecule has 0 aliphatic heterocycles. The first-order valence-electron chi connectivity index (χ1n) is 9.09. The summed E-state index contributed by atoms with van der Waals surface area (Å²) in [6, 6.07) is 10.6. The Hall–Kier alpha value is -2.03. The van der Waals surface area contributed by atoms with Crippen molar-refractivity contribution >= 4 is 40.8 Å². The third-order valence-corrected chi connectivity index (χ3v) is 4.62. The molecule has 1 aromatic carbocycles. The van der Waals surface area contributed by atoms with E-state index >= 15 is 0 Å². The van der Waals surface area contributed by atoms with Gasteiger partial charge in [0, 0.05) is 44.0 Å². The third-order valence-electron chi connectivity index (χ3n) is 4.62. The fourth-order valence-corrected chi connectivity index (χ4v) is 3.18. The fourth-order valence-electron chi connectivity index (χ4n) is 3.18. The predicted molar refractivity (Wildman–Crippen MR) is 121 cm³/mol. The molecule has 0 aliphatic carbocycles. The van der Waals surface area contributed by atoms with Gasteiger partial charge in [0.25, 0.3) is 0 Å². The molecule has 0 aliphatic rings. The average Bonchev–Trinajstić information content (AvgIpc) is 3.21. The van der Waals surface area contributed by atoms with Gasteiger partial charge in [-0.05, 0) is 44.2 Å². The van der Waals surface area contributed by atoms with Gasteiger partial charge in [0.05, 0.1) is 5.69 Å². The quantitative estimate of drug-likeness (QED) is 0.234. The van der Waals surface area contributed by atoms with Crippen LogP contribution in [-0.4, -0.2) is 35.8 Å². The second-order valence-electron chi connectivity index (χ2n) is 6.40. The smallest absolute Gasteiger partial charge is 0.190 e. The van der Waals surface area contributed by atoms with E-state index in [2.05, 4.69) is 61.9 Å². The number of para-hydroxylation sites is 1. The molecule has 0 radical (unpaired) electrons. The van der Waals surface area contributed by atoms with Gasteiger partial charge in [-0.2, -0.15) is 0 Å². The van der Waals surface area contributed by atoms with Crippen LogP contribution in [-0.2, 0) is 13.0 Å². The number of nitrogens with one attached hydrogen (secondary N) is 2. The zero-order valence-electron chi connectivity index (χ0n) is 16.2. The zero-order chi connectivity index (χ0) is 18.4. The molecule has 2 N–H and O–H groups in total. The van der Waals surface area contributed by atoms with Gasteiger partial charge in [-0.25, -0.2) is 0 Å². The van der Waals surface area contributed by atoms with Gasteiger partial charge >= 0.3 is 0 Å². The number of fused-ring (bicyclic) bond motifs is 1. The molecule has 0 atom stereocenters. The van der Waals surface area contributed by atoms with Crippen molar-refractivity contribution in [1.29, 1.82) is 0 Å². The van der Waals surface area contributed by atoms with E-state index in [-0.39, 0.29) is 24.0 Å². The highest BCUT2D eigenvalue weighted by molar-refractivity contribution is 14.0. The van der Waals surface area contributed by atoms with Gasteiger partial charge in [-0.3, -0.25) is 4.99 Å². The molecule has 0 saturated heterocycles. The van der Waals surface area contributed by atoms with Gasteiger partial charge in [-0.15, -0.1) is 24.0 Å². The molecule has 3 rings (SSSR count). The van der Waals surface area contributed by atoms with Gasteiger partial charge in [0.15, 0.2) is 5.96 Å². The summed E-state index contributed by atoms with van der Waals surface area (Å²) >= 11 is 0. The summed E-state index contributed by atoms with van der Waals surface area (Å²) in [5.74, 6) is 1.72. The highest BCUT2D eigenvalue weighted by Gasteiger charge is 2.08. The van der Waals surface area contributed by atoms with Gasteiger partial charge in [0.1, 0.15) is 5.76 Å². The summed E-state index contributed by atoms with van der Waals surface area (Å²) in [5, 5.41) is 12.0. The van der Waals surface area contributed by atoms with Crippen LogP contribution in [0, 0.1) is 13.8 Å². The third kappa shape index (κ3) is 5.47. The molecule has 0 saturated carbocycles. The van der Waals surface area contributed by atoms with Crippen LogP contribution in [0.2, 0.25) is 0 Å². The fraction of sp³-hybridized carbons (Fsp3) is 0.400. The minimum Gasteiger partial charge on any atom is -0.361 e. The molecule has 3 aromatic rings. The van der Waals surface area contributed by atoms with E-state index in [1.807, 2.05) is 13.8 Å². The first kappa shape index (κ1) is 21.3. The van der Waals surface area contributed by atoms with E-state index in [4.69, 9.17) is 4.52 Å². The number of hydrogen-bond acceptors (Lipinski definition) is 3. The Labute approximate surface area is 177 Å². The summed E-state index contributed by atoms with van der Waals surface area (Å²) < 4.78 is 7.49. The Morgan fingerprint density at radius 1 is 1.15 bits per heavy atom. The molecule has 0 amide bonds. The van der Waals surface area contributed by atoms with Crippen LogP contribution < -0.4 is 10.6 Å². The number of nitrogens with zero attached hydrogens (tertiary/aromatic N) is 3. The van der Waals surface area contributed by atoms with Crippen molar-refractivity contribution in [3.8, 4) is 0 Å². The second kappa shape index (κ2) is 10.3. The van der Waals surface area contributed by atoms with Crippen LogP contribution in [0.15, 0.2) is 46.0 Å². The Morgan fingerprint density at radius 2 is 1.93 bits per heavy atom. The molecule has 6 nitrogen and oxygen atoms in total. The number of aliphatic imine (C=N–C) groups is 1. The van der Waals surface area contributed by atoms with Crippen LogP contribution in [0.3, 0.4) is 0 Å². The minimum absolute atomic E-state index is 0. The molecular formula is C20H28IN5O. The zero-order valence-corrected chi connectivity index (χ0v) is 18.5. The molecule has 7 heteroatoms. The topological polar surface area (TPSA) is 67.4 Å². The summed E-state index contributed by atoms with van der Waals surface area (Å²) in [4.78, 5) is 4.28. The molecule has 0 bridgehead atoms. The van der Waals surface area contributed by atoms with Crippen LogP contribution in [0.1, 0.15) is 23.4 Å². The molecule has 0 fully saturated rings. The van der Waals surface area contributed by atoms with Gasteiger partial charge < -0.3 is 19.7 Å². The van der Waals surface area contributed by atoms with Crippen molar-refractivity contribution < 1.29 is 4.52 Å². The first-order valence-corrected chi connectivity index (χ1v) is 9.09. The number of halogens is 1. The van der Waals surface area contributed by atoms with Crippen molar-refractivity contribution in [3.63, 3.8) is 0 Å². The number of rotatable bonds is 7. The predicted octanol–water partition coefficient (Wildman–Crippen LogP) is 3.66. The van der Waals surface area contributed by atoms with E-state index in [1.165, 1.54) is 16.5 Å². The van der Waals surface area contributed by atoms with Crippen molar-refractivity contribution in [2.45, 2.75) is 33.2 Å². The van der Waals surface area contributed by atoms with Gasteiger partial charge in [-0.1, -0.05) is 23.4 Å². The van der Waals surface area contributed by atoms with Crippen molar-refractivity contribution in [2.24, 2.45) is 4.99 Å². The maximum atomic E-state index is 5.20. The number of hydrogen-bond donors (Lipinski definition) is 2. The maximum absolute atomic E-state index is 5.20. The minimum atomic E-state index is 0. The largest absolute Gasteiger partial charge is 0.361 e. The molecule has 2 heterocycles. The number of aryl methyl sites for hydroxylation is 3. The molecule has 2 aromatic heterocycles. The lowest BCUT2D eigenvalue weighted by atomic mass is 10.1. The van der Waals surface area contributed by atoms with Crippen LogP contribution in [0.5, 0.6) is 0 Å². The lowest BCUT2D eigenvalue weighted by molar-refractivity contribution is 0.392. The van der Waals surface area contributed by atoms with Gasteiger partial charge in [0.2, 0.25) is 0 Å². The van der Waals surface area contributed by atoms with E-state index in [0.29, 0.717) is 0 Å². The number of benzene rings is 1. The first-order chi connectivity index (χ1) is 12.7. The molecule has 27 heavy (non-hydrogen) atoms. The SMILES string of the molecule is CN=C(NCCCn1ccc2ccccc21)NCCc1c(C)noc1C.I. The second-order valence-corrected chi connectivity index (χ2v) is 6.40. The Morgan fingerprint density at radius 3 is 2.67 bits per heavy atom. The van der Waals surface area contributed by atoms with E-state index in [1.54, 1.807) is 7.05 Å². The number of aromatic nitrogens is 2. The summed E-state index contributed by atoms with van der Waals surface area (Å²) in [5.41, 5.74) is 3.42. The molecular weight excluding hydrogens is 453 g/mol. The standard InChI is InChI=1S/C20H27N5O.HI/c1-15-18(16(2)26-24-15)9-12-23-20(21-3)22-11-6-13-25-14-10-17-7-4-5-8-19(17)25;/h4-5,7-8,10,14H,6,9,11-13H2,1-3H3,(H2,21,22,23);1H. The van der Waals surface area contributed by atoms with Crippen LogP contribution in [0.4, 0.5) is 0 Å². The highest BCUT2D eigenvalue weighted by Crippen LogP contribution is 2.15. The molecule has 0 spiro atoms. The summed E-state index contributed by atoms with van der Waals surface area (Å²) in [7, 11) is 1.80. The Balaban J connectivity index is 0.00000261. The van der Waals surface area contributed by atoms with E-state index in [0.717, 1.165) is 49.9 Å². The Kier molecular flexibility index (Phi) is 8.15. The maximum Gasteiger partial charge on any atom is 0.190 e. The van der Waals surface area contributed by atoms with E-state index in [9.17, 15) is 0 Å². The number of guanidine groups is 1. The van der Waals surface area contributed by atoms with Crippen molar-refractivity contribution in [2.75, 3.05) is 20.1 Å². The molecule has 0 unspecified atom stereocenters. The van der Waals surface area contributed by atoms with Crippen LogP contribution in [0.25, 0.3) is 10.9 Å². The van der Waals surface area contributed by atoms with E-state index < -0.39 is 0 Å². The monoisotopic (exact) mass is 481 g/mol.